The van der Waals surface area contributed by atoms with Crippen LogP contribution in [0.2, 0.25) is 0 Å². The van der Waals surface area contributed by atoms with E-state index in [0.717, 1.165) is 39.1 Å². The first kappa shape index (κ1) is 31.5. The molecule has 0 fully saturated rings. The Morgan fingerprint density at radius 2 is 1.05 bits per heavy atom. The van der Waals surface area contributed by atoms with Crippen molar-refractivity contribution < 1.29 is 4.42 Å². The SMILES string of the molecule is CC1(C)c2cc3ccc(N(c4ccc(-c5ccccc5)cc4)c4ccc5ccccc5c4)cc3cc2-c2ccc3c(ccc4nc(-c5ccccc5)oc43)c21. The maximum Gasteiger partial charge on any atom is 0.227 e. The third-order valence-electron chi connectivity index (χ3n) is 11.6. The molecule has 0 atom stereocenters. The van der Waals surface area contributed by atoms with E-state index in [1.807, 2.05) is 30.3 Å². The van der Waals surface area contributed by atoms with Gasteiger partial charge in [-0.3, -0.25) is 0 Å². The van der Waals surface area contributed by atoms with E-state index in [9.17, 15) is 0 Å². The highest BCUT2D eigenvalue weighted by atomic mass is 16.3. The zero-order valence-corrected chi connectivity index (χ0v) is 30.6. The van der Waals surface area contributed by atoms with E-state index >= 15 is 0 Å². The van der Waals surface area contributed by atoms with Crippen LogP contribution < -0.4 is 4.90 Å². The van der Waals surface area contributed by atoms with Gasteiger partial charge in [-0.15, -0.1) is 0 Å². The molecule has 0 saturated carbocycles. The second kappa shape index (κ2) is 12.0. The van der Waals surface area contributed by atoms with Gasteiger partial charge in [0, 0.05) is 33.4 Å². The maximum absolute atomic E-state index is 6.48. The Bertz CT molecular complexity index is 3110. The molecule has 3 heteroatoms. The van der Waals surface area contributed by atoms with Crippen molar-refractivity contribution in [3.63, 3.8) is 0 Å². The lowest BCUT2D eigenvalue weighted by atomic mass is 9.80. The minimum atomic E-state index is -0.204. The van der Waals surface area contributed by atoms with Crippen LogP contribution in [-0.2, 0) is 5.41 Å². The Kier molecular flexibility index (Phi) is 6.90. The first-order valence-electron chi connectivity index (χ1n) is 18.9. The van der Waals surface area contributed by atoms with E-state index in [2.05, 4.69) is 170 Å². The molecule has 0 N–H and O–H groups in total. The van der Waals surface area contributed by atoms with Gasteiger partial charge < -0.3 is 9.32 Å². The van der Waals surface area contributed by atoms with Crippen molar-refractivity contribution in [1.29, 1.82) is 0 Å². The fourth-order valence-corrected chi connectivity index (χ4v) is 8.89. The number of hydrogen-bond acceptors (Lipinski definition) is 3. The maximum atomic E-state index is 6.48. The highest BCUT2D eigenvalue weighted by Crippen LogP contribution is 2.53. The Morgan fingerprint density at radius 3 is 1.82 bits per heavy atom. The number of nitrogens with zero attached hydrogens (tertiary/aromatic N) is 2. The van der Waals surface area contributed by atoms with E-state index in [4.69, 9.17) is 9.40 Å². The number of aromatic nitrogens is 1. The van der Waals surface area contributed by atoms with Crippen molar-refractivity contribution in [2.45, 2.75) is 19.3 Å². The van der Waals surface area contributed by atoms with Crippen molar-refractivity contribution >= 4 is 60.5 Å². The molecule has 0 saturated heterocycles. The fourth-order valence-electron chi connectivity index (χ4n) is 8.89. The minimum Gasteiger partial charge on any atom is -0.435 e. The monoisotopic (exact) mass is 704 g/mol. The number of rotatable bonds is 5. The summed E-state index contributed by atoms with van der Waals surface area (Å²) in [7, 11) is 0. The summed E-state index contributed by atoms with van der Waals surface area (Å²) in [6, 6.07) is 65.6. The van der Waals surface area contributed by atoms with E-state index in [0.29, 0.717) is 5.89 Å². The molecule has 1 aromatic heterocycles. The quantitative estimate of drug-likeness (QED) is 0.179. The molecule has 1 aliphatic rings. The van der Waals surface area contributed by atoms with Gasteiger partial charge in [-0.1, -0.05) is 123 Å². The third kappa shape index (κ3) is 5.01. The van der Waals surface area contributed by atoms with Crippen LogP contribution in [0.15, 0.2) is 186 Å². The third-order valence-corrected chi connectivity index (χ3v) is 11.6. The predicted molar refractivity (Wildman–Crippen MR) is 230 cm³/mol. The first-order valence-corrected chi connectivity index (χ1v) is 18.9. The van der Waals surface area contributed by atoms with Gasteiger partial charge in [-0.25, -0.2) is 4.98 Å². The van der Waals surface area contributed by atoms with Crippen LogP contribution in [0.3, 0.4) is 0 Å². The summed E-state index contributed by atoms with van der Waals surface area (Å²) in [5.41, 5.74) is 13.5. The predicted octanol–water partition coefficient (Wildman–Crippen LogP) is 14.4. The van der Waals surface area contributed by atoms with Crippen LogP contribution >= 0.6 is 0 Å². The molecule has 0 bridgehead atoms. The van der Waals surface area contributed by atoms with Gasteiger partial charge in [0.05, 0.1) is 0 Å². The smallest absolute Gasteiger partial charge is 0.227 e. The van der Waals surface area contributed by atoms with Crippen molar-refractivity contribution in [2.75, 3.05) is 4.90 Å². The van der Waals surface area contributed by atoms with Crippen LogP contribution in [0, 0.1) is 0 Å². The van der Waals surface area contributed by atoms with Gasteiger partial charge >= 0.3 is 0 Å². The molecule has 11 rings (SSSR count). The van der Waals surface area contributed by atoms with Crippen LogP contribution in [0.25, 0.3) is 77.1 Å². The van der Waals surface area contributed by atoms with E-state index in [-0.39, 0.29) is 5.41 Å². The summed E-state index contributed by atoms with van der Waals surface area (Å²) in [6.07, 6.45) is 0. The average molecular weight is 705 g/mol. The van der Waals surface area contributed by atoms with Crippen molar-refractivity contribution in [3.05, 3.63) is 193 Å². The molecule has 0 unspecified atom stereocenters. The Balaban J connectivity index is 1.05. The van der Waals surface area contributed by atoms with Gasteiger partial charge in [0.15, 0.2) is 5.58 Å². The Hall–Kier alpha value is -6.97. The summed E-state index contributed by atoms with van der Waals surface area (Å²) < 4.78 is 6.48. The summed E-state index contributed by atoms with van der Waals surface area (Å²) in [4.78, 5) is 7.25. The normalized spacial score (nSPS) is 13.1. The molecule has 10 aromatic rings. The van der Waals surface area contributed by atoms with Gasteiger partial charge in [0.2, 0.25) is 5.89 Å². The molecule has 0 amide bonds. The van der Waals surface area contributed by atoms with Crippen LogP contribution in [-0.4, -0.2) is 4.98 Å². The lowest BCUT2D eigenvalue weighted by Crippen LogP contribution is -2.15. The number of benzene rings is 9. The number of anilines is 3. The molecule has 0 spiro atoms. The molecule has 1 heterocycles. The van der Waals surface area contributed by atoms with Gasteiger partial charge in [-0.05, 0) is 133 Å². The number of hydrogen-bond donors (Lipinski definition) is 0. The van der Waals surface area contributed by atoms with Crippen molar-refractivity contribution in [1.82, 2.24) is 4.98 Å². The minimum absolute atomic E-state index is 0.204. The van der Waals surface area contributed by atoms with Crippen LogP contribution in [0.4, 0.5) is 17.1 Å². The zero-order valence-electron chi connectivity index (χ0n) is 30.6. The highest BCUT2D eigenvalue weighted by Gasteiger charge is 2.37. The highest BCUT2D eigenvalue weighted by molar-refractivity contribution is 6.09. The Morgan fingerprint density at radius 1 is 0.455 bits per heavy atom. The van der Waals surface area contributed by atoms with Gasteiger partial charge in [-0.2, -0.15) is 0 Å². The van der Waals surface area contributed by atoms with E-state index in [1.54, 1.807) is 0 Å². The van der Waals surface area contributed by atoms with Crippen LogP contribution in [0.5, 0.6) is 0 Å². The molecule has 0 radical (unpaired) electrons. The van der Waals surface area contributed by atoms with E-state index < -0.39 is 0 Å². The lowest BCUT2D eigenvalue weighted by molar-refractivity contribution is 0.623. The van der Waals surface area contributed by atoms with Crippen molar-refractivity contribution in [2.24, 2.45) is 0 Å². The standard InChI is InChI=1S/C52H36N2O/c1-52(2)47-32-38-20-24-42(54(41-23-19-34-13-9-10-16-37(34)29-41)40-21-17-35(18-22-40)33-11-5-3-6-12-33)30-39(38)31-46(47)44-25-26-45-43(49(44)52)27-28-48-50(45)55-51(53-48)36-14-7-4-8-15-36/h3-32H,1-2H3. The molecule has 0 aliphatic heterocycles. The molecule has 1 aliphatic carbocycles. The molecule has 260 valence electrons. The molecular formula is C52H36N2O. The zero-order chi connectivity index (χ0) is 36.7. The van der Waals surface area contributed by atoms with Crippen LogP contribution in [0.1, 0.15) is 25.0 Å². The second-order valence-corrected chi connectivity index (χ2v) is 15.2. The molecular weight excluding hydrogens is 669 g/mol. The van der Waals surface area contributed by atoms with Gasteiger partial charge in [0.25, 0.3) is 0 Å². The van der Waals surface area contributed by atoms with E-state index in [1.165, 1.54) is 60.3 Å². The first-order chi connectivity index (χ1) is 27.0. The largest absolute Gasteiger partial charge is 0.435 e. The lowest BCUT2D eigenvalue weighted by Gasteiger charge is -2.27. The topological polar surface area (TPSA) is 29.3 Å². The molecule has 9 aromatic carbocycles. The second-order valence-electron chi connectivity index (χ2n) is 15.2. The Labute approximate surface area is 319 Å². The number of oxazole rings is 1. The molecule has 3 nitrogen and oxygen atoms in total. The molecule has 55 heavy (non-hydrogen) atoms. The number of fused-ring (bicyclic) bond motifs is 9. The average Bonchev–Trinajstić information content (AvgIpc) is 3.77. The summed E-state index contributed by atoms with van der Waals surface area (Å²) in [5, 5.41) is 7.21. The van der Waals surface area contributed by atoms with Crippen molar-refractivity contribution in [3.8, 4) is 33.7 Å². The summed E-state index contributed by atoms with van der Waals surface area (Å²) in [6.45, 7) is 4.72. The summed E-state index contributed by atoms with van der Waals surface area (Å²) >= 11 is 0. The fraction of sp³-hybridized carbons (Fsp3) is 0.0577. The van der Waals surface area contributed by atoms with Gasteiger partial charge in [0.1, 0.15) is 5.52 Å². The summed E-state index contributed by atoms with van der Waals surface area (Å²) in [5.74, 6) is 0.651.